The van der Waals surface area contributed by atoms with Crippen LogP contribution in [0.4, 0.5) is 17.1 Å². The average molecular weight is 718 g/mol. The molecule has 0 unspecified atom stereocenters. The molecule has 0 radical (unpaired) electrons. The van der Waals surface area contributed by atoms with E-state index in [2.05, 4.69) is 204 Å². The monoisotopic (exact) mass is 717 g/mol. The highest BCUT2D eigenvalue weighted by atomic mass is 15.1. The van der Waals surface area contributed by atoms with Crippen molar-refractivity contribution in [3.8, 4) is 33.4 Å². The molecule has 8 rings (SSSR count). The van der Waals surface area contributed by atoms with Gasteiger partial charge >= 0.3 is 0 Å². The summed E-state index contributed by atoms with van der Waals surface area (Å²) in [6.07, 6.45) is 6.51. The second-order valence-corrected chi connectivity index (χ2v) is 17.6. The van der Waals surface area contributed by atoms with Crippen molar-refractivity contribution in [1.29, 1.82) is 0 Å². The number of hydrogen-bond acceptors (Lipinski definition) is 1. The molecule has 0 aromatic heterocycles. The zero-order valence-corrected chi connectivity index (χ0v) is 33.6. The van der Waals surface area contributed by atoms with E-state index in [9.17, 15) is 0 Å². The van der Waals surface area contributed by atoms with E-state index in [1.54, 1.807) is 0 Å². The minimum Gasteiger partial charge on any atom is -0.309 e. The summed E-state index contributed by atoms with van der Waals surface area (Å²) in [6, 6.07) is 59.4. The van der Waals surface area contributed by atoms with E-state index in [1.165, 1.54) is 98.6 Å². The molecule has 0 aliphatic heterocycles. The van der Waals surface area contributed by atoms with E-state index in [1.807, 2.05) is 0 Å². The van der Waals surface area contributed by atoms with Gasteiger partial charge in [-0.2, -0.15) is 0 Å². The summed E-state index contributed by atoms with van der Waals surface area (Å²) in [5, 5.41) is 2.72. The number of benzene rings is 7. The molecular weight excluding hydrogens is 663 g/mol. The van der Waals surface area contributed by atoms with Gasteiger partial charge in [0.2, 0.25) is 0 Å². The van der Waals surface area contributed by atoms with Gasteiger partial charge in [-0.3, -0.25) is 0 Å². The molecular formula is C54H55N. The van der Waals surface area contributed by atoms with E-state index in [-0.39, 0.29) is 10.8 Å². The molecule has 1 aliphatic carbocycles. The fraction of sp³-hybridized carbons (Fsp3) is 0.259. The van der Waals surface area contributed by atoms with Gasteiger partial charge in [0, 0.05) is 16.7 Å². The summed E-state index contributed by atoms with van der Waals surface area (Å²) < 4.78 is 0. The highest BCUT2D eigenvalue weighted by molar-refractivity contribution is 6.05. The molecule has 1 fully saturated rings. The number of nitrogens with zero attached hydrogens (tertiary/aromatic N) is 1. The molecule has 55 heavy (non-hydrogen) atoms. The Balaban J connectivity index is 1.38. The zero-order valence-electron chi connectivity index (χ0n) is 33.6. The SMILES string of the molecule is CC(C)(C)c1ccc(-c2ccccc2N(c2ccccc2-c2ccc(C(C)(C)C)cc2)c2ccccc2-c2cccc3cccc(C4CCCCC4)c23)cc1. The van der Waals surface area contributed by atoms with Crippen molar-refractivity contribution >= 4 is 27.8 Å². The summed E-state index contributed by atoms with van der Waals surface area (Å²) in [7, 11) is 0. The molecule has 1 heteroatoms. The van der Waals surface area contributed by atoms with Crippen LogP contribution in [0.25, 0.3) is 44.2 Å². The van der Waals surface area contributed by atoms with Crippen molar-refractivity contribution in [3.05, 3.63) is 174 Å². The van der Waals surface area contributed by atoms with Crippen LogP contribution >= 0.6 is 0 Å². The Morgan fingerprint density at radius 2 is 0.818 bits per heavy atom. The summed E-state index contributed by atoms with van der Waals surface area (Å²) in [6.45, 7) is 13.7. The van der Waals surface area contributed by atoms with Gasteiger partial charge in [-0.1, -0.05) is 200 Å². The first-order valence-corrected chi connectivity index (χ1v) is 20.4. The third-order valence-electron chi connectivity index (χ3n) is 11.8. The molecule has 276 valence electrons. The third-order valence-corrected chi connectivity index (χ3v) is 11.8. The van der Waals surface area contributed by atoms with Gasteiger partial charge in [0.25, 0.3) is 0 Å². The van der Waals surface area contributed by atoms with Crippen LogP contribution in [0.2, 0.25) is 0 Å². The van der Waals surface area contributed by atoms with Crippen LogP contribution in [0.15, 0.2) is 158 Å². The molecule has 1 nitrogen and oxygen atoms in total. The minimum atomic E-state index is 0.0828. The Labute approximate surface area is 329 Å². The molecule has 0 bridgehead atoms. The lowest BCUT2D eigenvalue weighted by atomic mass is 9.80. The van der Waals surface area contributed by atoms with E-state index in [0.717, 1.165) is 11.4 Å². The molecule has 7 aromatic carbocycles. The first-order chi connectivity index (χ1) is 26.6. The maximum atomic E-state index is 2.54. The standard InChI is InChI=1S/C54H55N/c1-53(2,3)42-34-30-39(31-35-42)44-22-10-13-27-49(44)55(50-28-14-11-23-45(50)40-32-36-43(37-33-40)54(4,5)6)51-29-15-12-24-47(51)48-26-17-21-41-20-16-25-46(52(41)48)38-18-8-7-9-19-38/h10-17,20-38H,7-9,18-19H2,1-6H3. The zero-order chi connectivity index (χ0) is 38.2. The van der Waals surface area contributed by atoms with Gasteiger partial charge in [0.05, 0.1) is 17.1 Å². The molecule has 0 heterocycles. The molecule has 7 aromatic rings. The number of hydrogen-bond donors (Lipinski definition) is 0. The van der Waals surface area contributed by atoms with Crippen molar-refractivity contribution in [2.45, 2.75) is 90.4 Å². The highest BCUT2D eigenvalue weighted by Gasteiger charge is 2.26. The van der Waals surface area contributed by atoms with Crippen LogP contribution < -0.4 is 4.90 Å². The quantitative estimate of drug-likeness (QED) is 0.159. The first kappa shape index (κ1) is 36.6. The molecule has 0 atom stereocenters. The van der Waals surface area contributed by atoms with Gasteiger partial charge in [-0.15, -0.1) is 0 Å². The van der Waals surface area contributed by atoms with Gasteiger partial charge in [0.15, 0.2) is 0 Å². The normalized spacial score (nSPS) is 13.9. The van der Waals surface area contributed by atoms with Crippen LogP contribution in [0.5, 0.6) is 0 Å². The third kappa shape index (κ3) is 7.38. The van der Waals surface area contributed by atoms with Crippen molar-refractivity contribution in [1.82, 2.24) is 0 Å². The number of fused-ring (bicyclic) bond motifs is 1. The van der Waals surface area contributed by atoms with E-state index in [4.69, 9.17) is 0 Å². The van der Waals surface area contributed by atoms with Gasteiger partial charge in [0.1, 0.15) is 0 Å². The van der Waals surface area contributed by atoms with Crippen molar-refractivity contribution < 1.29 is 0 Å². The molecule has 0 N–H and O–H groups in total. The molecule has 1 aliphatic rings. The Morgan fingerprint density at radius 3 is 1.31 bits per heavy atom. The lowest BCUT2D eigenvalue weighted by Gasteiger charge is -2.32. The maximum Gasteiger partial charge on any atom is 0.0540 e. The Morgan fingerprint density at radius 1 is 0.400 bits per heavy atom. The van der Waals surface area contributed by atoms with E-state index >= 15 is 0 Å². The average Bonchev–Trinajstić information content (AvgIpc) is 3.21. The number of anilines is 3. The lowest BCUT2D eigenvalue weighted by Crippen LogP contribution is -2.14. The Bertz CT molecular complexity index is 2310. The molecule has 0 amide bonds. The smallest absolute Gasteiger partial charge is 0.0540 e. The second-order valence-electron chi connectivity index (χ2n) is 17.6. The predicted molar refractivity (Wildman–Crippen MR) is 238 cm³/mol. The number of rotatable bonds is 7. The van der Waals surface area contributed by atoms with Gasteiger partial charge in [-0.25, -0.2) is 0 Å². The fourth-order valence-corrected chi connectivity index (χ4v) is 8.76. The first-order valence-electron chi connectivity index (χ1n) is 20.4. The van der Waals surface area contributed by atoms with E-state index < -0.39 is 0 Å². The lowest BCUT2D eigenvalue weighted by molar-refractivity contribution is 0.445. The highest BCUT2D eigenvalue weighted by Crippen LogP contribution is 2.49. The van der Waals surface area contributed by atoms with Crippen LogP contribution in [0.3, 0.4) is 0 Å². The van der Waals surface area contributed by atoms with Crippen LogP contribution in [-0.4, -0.2) is 0 Å². The summed E-state index contributed by atoms with van der Waals surface area (Å²) in [5.74, 6) is 0.593. The fourth-order valence-electron chi connectivity index (χ4n) is 8.76. The van der Waals surface area contributed by atoms with Crippen LogP contribution in [-0.2, 0) is 10.8 Å². The second kappa shape index (κ2) is 15.0. The van der Waals surface area contributed by atoms with Crippen molar-refractivity contribution in [2.75, 3.05) is 4.90 Å². The van der Waals surface area contributed by atoms with Crippen LogP contribution in [0.1, 0.15) is 96.3 Å². The van der Waals surface area contributed by atoms with Crippen molar-refractivity contribution in [3.63, 3.8) is 0 Å². The Hall–Kier alpha value is -5.40. The largest absolute Gasteiger partial charge is 0.309 e. The van der Waals surface area contributed by atoms with Gasteiger partial charge < -0.3 is 4.90 Å². The summed E-state index contributed by atoms with van der Waals surface area (Å²) in [5.41, 5.74) is 15.2. The minimum absolute atomic E-state index is 0.0828. The molecule has 1 saturated carbocycles. The van der Waals surface area contributed by atoms with Gasteiger partial charge in [-0.05, 0) is 91.9 Å². The van der Waals surface area contributed by atoms with E-state index in [0.29, 0.717) is 5.92 Å². The van der Waals surface area contributed by atoms with Crippen molar-refractivity contribution in [2.24, 2.45) is 0 Å². The molecule has 0 spiro atoms. The summed E-state index contributed by atoms with van der Waals surface area (Å²) in [4.78, 5) is 2.54. The number of para-hydroxylation sites is 3. The maximum absolute atomic E-state index is 2.54. The topological polar surface area (TPSA) is 3.24 Å². The Kier molecular flexibility index (Phi) is 9.99. The summed E-state index contributed by atoms with van der Waals surface area (Å²) >= 11 is 0. The van der Waals surface area contributed by atoms with Crippen LogP contribution in [0, 0.1) is 0 Å². The predicted octanol–water partition coefficient (Wildman–Crippen LogP) is 16.0. The molecule has 0 saturated heterocycles.